The fraction of sp³-hybridized carbons (Fsp3) is 0.200. The van der Waals surface area contributed by atoms with E-state index in [2.05, 4.69) is 20.9 Å². The Kier molecular flexibility index (Phi) is 4.49. The van der Waals surface area contributed by atoms with Gasteiger partial charge in [-0.15, -0.1) is 0 Å². The molecule has 0 saturated heterocycles. The van der Waals surface area contributed by atoms with Crippen molar-refractivity contribution in [2.24, 2.45) is 0 Å². The normalized spacial score (nSPS) is 12.2. The first-order valence-corrected chi connectivity index (χ1v) is 6.86. The van der Waals surface area contributed by atoms with Crippen LogP contribution in [0.5, 0.6) is 0 Å². The summed E-state index contributed by atoms with van der Waals surface area (Å²) in [6.45, 7) is 1.87. The average Bonchev–Trinajstić information content (AvgIpc) is 2.38. The summed E-state index contributed by atoms with van der Waals surface area (Å²) in [5.41, 5.74) is 1.70. The van der Waals surface area contributed by atoms with E-state index in [1.54, 1.807) is 30.5 Å². The first kappa shape index (κ1) is 14.7. The van der Waals surface area contributed by atoms with Gasteiger partial charge in [0, 0.05) is 10.7 Å². The third kappa shape index (κ3) is 3.22. The Morgan fingerprint density at radius 1 is 1.45 bits per heavy atom. The van der Waals surface area contributed by atoms with Gasteiger partial charge < -0.3 is 5.11 Å². The molecule has 3 nitrogen and oxygen atoms in total. The van der Waals surface area contributed by atoms with Gasteiger partial charge in [-0.1, -0.05) is 18.2 Å². The molecule has 0 aliphatic heterocycles. The maximum Gasteiger partial charge on any atom is 0.312 e. The molecule has 1 unspecified atom stereocenters. The van der Waals surface area contributed by atoms with Crippen molar-refractivity contribution in [3.05, 3.63) is 63.6 Å². The zero-order chi connectivity index (χ0) is 14.7. The van der Waals surface area contributed by atoms with E-state index >= 15 is 0 Å². The maximum absolute atomic E-state index is 13.7. The molecular weight excluding hydrogens is 325 g/mol. The number of pyridine rings is 1. The third-order valence-electron chi connectivity index (χ3n) is 3.02. The van der Waals surface area contributed by atoms with E-state index in [9.17, 15) is 14.3 Å². The molecule has 20 heavy (non-hydrogen) atoms. The maximum atomic E-state index is 13.7. The van der Waals surface area contributed by atoms with Gasteiger partial charge in [0.05, 0.1) is 5.69 Å². The lowest BCUT2D eigenvalue weighted by molar-refractivity contribution is -0.138. The van der Waals surface area contributed by atoms with Crippen LogP contribution in [0, 0.1) is 12.7 Å². The van der Waals surface area contributed by atoms with Crippen LogP contribution >= 0.6 is 15.9 Å². The Balaban J connectivity index is 2.37. The number of aryl methyl sites for hydroxylation is 1. The number of carboxylic acid groups (broad SMARTS) is 1. The van der Waals surface area contributed by atoms with E-state index in [-0.39, 0.29) is 6.42 Å². The summed E-state index contributed by atoms with van der Waals surface area (Å²) in [4.78, 5) is 15.6. The Hall–Kier alpha value is -1.75. The summed E-state index contributed by atoms with van der Waals surface area (Å²) >= 11 is 3.33. The number of aliphatic carboxylic acids is 1. The molecule has 0 bridgehead atoms. The van der Waals surface area contributed by atoms with Crippen molar-refractivity contribution in [3.8, 4) is 0 Å². The Morgan fingerprint density at radius 2 is 2.15 bits per heavy atom. The van der Waals surface area contributed by atoms with Gasteiger partial charge >= 0.3 is 5.97 Å². The number of aromatic nitrogens is 1. The summed E-state index contributed by atoms with van der Waals surface area (Å²) in [6.07, 6.45) is 1.67. The molecule has 0 fully saturated rings. The molecule has 0 aliphatic rings. The molecule has 5 heteroatoms. The molecule has 0 radical (unpaired) electrons. The predicted molar refractivity (Wildman–Crippen MR) is 77.2 cm³/mol. The van der Waals surface area contributed by atoms with Crippen LogP contribution in [-0.2, 0) is 11.2 Å². The fourth-order valence-corrected chi connectivity index (χ4v) is 2.73. The molecule has 104 valence electrons. The summed E-state index contributed by atoms with van der Waals surface area (Å²) in [5.74, 6) is -2.31. The fourth-order valence-electron chi connectivity index (χ4n) is 1.99. The molecule has 0 spiro atoms. The number of nitrogens with zero attached hydrogens (tertiary/aromatic N) is 1. The van der Waals surface area contributed by atoms with Crippen molar-refractivity contribution in [3.63, 3.8) is 0 Å². The number of carbonyl (C=O) groups is 1. The zero-order valence-corrected chi connectivity index (χ0v) is 12.4. The van der Waals surface area contributed by atoms with Crippen molar-refractivity contribution in [1.29, 1.82) is 0 Å². The molecule has 1 heterocycles. The molecule has 1 aromatic carbocycles. The number of hydrogen-bond donors (Lipinski definition) is 1. The number of halogens is 2. The van der Waals surface area contributed by atoms with Gasteiger partial charge in [-0.05, 0) is 52.5 Å². The van der Waals surface area contributed by atoms with Crippen molar-refractivity contribution in [2.75, 3.05) is 0 Å². The van der Waals surface area contributed by atoms with E-state index in [4.69, 9.17) is 0 Å². The van der Waals surface area contributed by atoms with E-state index < -0.39 is 17.7 Å². The Morgan fingerprint density at radius 3 is 2.75 bits per heavy atom. The smallest absolute Gasteiger partial charge is 0.312 e. The van der Waals surface area contributed by atoms with Gasteiger partial charge in [0.2, 0.25) is 0 Å². The van der Waals surface area contributed by atoms with Crippen LogP contribution in [0.4, 0.5) is 4.39 Å². The van der Waals surface area contributed by atoms with Crippen LogP contribution in [0.2, 0.25) is 0 Å². The second-order valence-electron chi connectivity index (χ2n) is 4.57. The van der Waals surface area contributed by atoms with Crippen LogP contribution < -0.4 is 0 Å². The van der Waals surface area contributed by atoms with Crippen LogP contribution in [0.3, 0.4) is 0 Å². The number of rotatable bonds is 4. The molecule has 1 N–H and O–H groups in total. The van der Waals surface area contributed by atoms with Gasteiger partial charge in [0.15, 0.2) is 0 Å². The highest BCUT2D eigenvalue weighted by Gasteiger charge is 2.25. The zero-order valence-electron chi connectivity index (χ0n) is 10.8. The molecule has 1 atom stereocenters. The Bertz CT molecular complexity index is 646. The summed E-state index contributed by atoms with van der Waals surface area (Å²) < 4.78 is 14.3. The largest absolute Gasteiger partial charge is 0.481 e. The van der Waals surface area contributed by atoms with Crippen molar-refractivity contribution >= 4 is 21.9 Å². The second-order valence-corrected chi connectivity index (χ2v) is 5.42. The monoisotopic (exact) mass is 337 g/mol. The van der Waals surface area contributed by atoms with E-state index in [0.29, 0.717) is 15.7 Å². The summed E-state index contributed by atoms with van der Waals surface area (Å²) in [6, 6.07) is 7.99. The van der Waals surface area contributed by atoms with Crippen LogP contribution in [0.25, 0.3) is 0 Å². The Labute approximate surface area is 124 Å². The van der Waals surface area contributed by atoms with Crippen molar-refractivity contribution in [2.45, 2.75) is 19.3 Å². The van der Waals surface area contributed by atoms with E-state index in [1.807, 2.05) is 6.92 Å². The van der Waals surface area contributed by atoms with Gasteiger partial charge in [0.25, 0.3) is 0 Å². The quantitative estimate of drug-likeness (QED) is 0.925. The topological polar surface area (TPSA) is 50.2 Å². The SMILES string of the molecule is Cc1cnc(C(Cc2ccccc2F)C(=O)O)c(Br)c1. The minimum Gasteiger partial charge on any atom is -0.481 e. The predicted octanol–water partition coefficient (Wildman–Crippen LogP) is 3.70. The lowest BCUT2D eigenvalue weighted by Crippen LogP contribution is -2.17. The lowest BCUT2D eigenvalue weighted by atomic mass is 9.95. The third-order valence-corrected chi connectivity index (χ3v) is 3.65. The standard InChI is InChI=1S/C15H13BrFNO2/c1-9-6-12(16)14(18-8-9)11(15(19)20)7-10-4-2-3-5-13(10)17/h2-6,8,11H,7H2,1H3,(H,19,20). The molecule has 0 saturated carbocycles. The molecule has 1 aromatic heterocycles. The first-order valence-electron chi connectivity index (χ1n) is 6.07. The van der Waals surface area contributed by atoms with E-state index in [0.717, 1.165) is 5.56 Å². The van der Waals surface area contributed by atoms with Crippen molar-refractivity contribution in [1.82, 2.24) is 4.98 Å². The van der Waals surface area contributed by atoms with Crippen molar-refractivity contribution < 1.29 is 14.3 Å². The second kappa shape index (κ2) is 6.13. The highest BCUT2D eigenvalue weighted by molar-refractivity contribution is 9.10. The highest BCUT2D eigenvalue weighted by Crippen LogP contribution is 2.27. The van der Waals surface area contributed by atoms with Crippen LogP contribution in [0.1, 0.15) is 22.7 Å². The van der Waals surface area contributed by atoms with Gasteiger partial charge in [-0.3, -0.25) is 9.78 Å². The van der Waals surface area contributed by atoms with Gasteiger partial charge in [-0.25, -0.2) is 4.39 Å². The van der Waals surface area contributed by atoms with E-state index in [1.165, 1.54) is 6.07 Å². The number of carboxylic acids is 1. The number of benzene rings is 1. The average molecular weight is 338 g/mol. The minimum atomic E-state index is -1.02. The summed E-state index contributed by atoms with van der Waals surface area (Å²) in [5, 5.41) is 9.39. The van der Waals surface area contributed by atoms with Gasteiger partial charge in [0.1, 0.15) is 11.7 Å². The summed E-state index contributed by atoms with van der Waals surface area (Å²) in [7, 11) is 0. The number of hydrogen-bond acceptors (Lipinski definition) is 2. The first-order chi connectivity index (χ1) is 9.49. The molecule has 2 rings (SSSR count). The molecule has 2 aromatic rings. The van der Waals surface area contributed by atoms with Crippen LogP contribution in [-0.4, -0.2) is 16.1 Å². The molecule has 0 aliphatic carbocycles. The molecule has 0 amide bonds. The van der Waals surface area contributed by atoms with Gasteiger partial charge in [-0.2, -0.15) is 0 Å². The minimum absolute atomic E-state index is 0.0661. The highest BCUT2D eigenvalue weighted by atomic mass is 79.9. The van der Waals surface area contributed by atoms with Crippen LogP contribution in [0.15, 0.2) is 41.0 Å². The molecular formula is C15H13BrFNO2. The lowest BCUT2D eigenvalue weighted by Gasteiger charge is -2.14.